The van der Waals surface area contributed by atoms with Crippen LogP contribution in [-0.2, 0) is 6.54 Å². The highest BCUT2D eigenvalue weighted by atomic mass is 16.3. The smallest absolute Gasteiger partial charge is 0.128 e. The van der Waals surface area contributed by atoms with E-state index in [0.717, 1.165) is 37.3 Å². The second-order valence-corrected chi connectivity index (χ2v) is 4.34. The van der Waals surface area contributed by atoms with Crippen LogP contribution in [0.4, 0.5) is 5.82 Å². The van der Waals surface area contributed by atoms with Crippen LogP contribution in [0.15, 0.2) is 18.3 Å². The lowest BCUT2D eigenvalue weighted by molar-refractivity contribution is 0.263. The summed E-state index contributed by atoms with van der Waals surface area (Å²) in [6, 6.07) is 4.06. The Balaban J connectivity index is 1.97. The van der Waals surface area contributed by atoms with Crippen LogP contribution in [-0.4, -0.2) is 29.8 Å². The summed E-state index contributed by atoms with van der Waals surface area (Å²) in [4.78, 5) is 6.69. The van der Waals surface area contributed by atoms with Crippen LogP contribution in [0.5, 0.6) is 0 Å². The third-order valence-corrected chi connectivity index (χ3v) is 3.19. The van der Waals surface area contributed by atoms with Crippen molar-refractivity contribution in [1.29, 1.82) is 0 Å². The van der Waals surface area contributed by atoms with Crippen LogP contribution in [0.25, 0.3) is 0 Å². The molecule has 1 aliphatic heterocycles. The Kier molecular flexibility index (Phi) is 3.74. The fourth-order valence-corrected chi connectivity index (χ4v) is 2.18. The summed E-state index contributed by atoms with van der Waals surface area (Å²) in [6.07, 6.45) is 3.90. The van der Waals surface area contributed by atoms with Crippen LogP contribution >= 0.6 is 0 Å². The zero-order chi connectivity index (χ0) is 11.4. The van der Waals surface area contributed by atoms with Crippen molar-refractivity contribution in [1.82, 2.24) is 4.98 Å². The van der Waals surface area contributed by atoms with Gasteiger partial charge in [-0.25, -0.2) is 4.98 Å². The number of aromatic nitrogens is 1. The standard InChI is InChI=1S/C12H19N3O/c13-7-11-1-2-12(14-8-11)15-5-3-10(9-15)4-6-16/h1-2,8,10,16H,3-7,9,13H2. The predicted octanol–water partition coefficient (Wildman–Crippen LogP) is 0.749. The SMILES string of the molecule is NCc1ccc(N2CCC(CCO)C2)nc1. The van der Waals surface area contributed by atoms with E-state index < -0.39 is 0 Å². The molecule has 1 saturated heterocycles. The monoisotopic (exact) mass is 221 g/mol. The van der Waals surface area contributed by atoms with Gasteiger partial charge >= 0.3 is 0 Å². The summed E-state index contributed by atoms with van der Waals surface area (Å²) in [7, 11) is 0. The first-order valence-corrected chi connectivity index (χ1v) is 5.84. The summed E-state index contributed by atoms with van der Waals surface area (Å²) in [6.45, 7) is 2.88. The van der Waals surface area contributed by atoms with Gasteiger partial charge in [-0.05, 0) is 30.4 Å². The van der Waals surface area contributed by atoms with Crippen molar-refractivity contribution < 1.29 is 5.11 Å². The topological polar surface area (TPSA) is 62.4 Å². The van der Waals surface area contributed by atoms with Crippen molar-refractivity contribution in [2.24, 2.45) is 11.7 Å². The molecule has 16 heavy (non-hydrogen) atoms. The molecule has 4 nitrogen and oxygen atoms in total. The lowest BCUT2D eigenvalue weighted by Crippen LogP contribution is -2.21. The van der Waals surface area contributed by atoms with Crippen molar-refractivity contribution in [3.63, 3.8) is 0 Å². The van der Waals surface area contributed by atoms with E-state index in [0.29, 0.717) is 12.5 Å². The molecule has 2 heterocycles. The molecule has 3 N–H and O–H groups in total. The molecular weight excluding hydrogens is 202 g/mol. The Hall–Kier alpha value is -1.13. The third-order valence-electron chi connectivity index (χ3n) is 3.19. The number of aliphatic hydroxyl groups is 1. The van der Waals surface area contributed by atoms with Crippen molar-refractivity contribution in [2.75, 3.05) is 24.6 Å². The summed E-state index contributed by atoms with van der Waals surface area (Å²) in [5.74, 6) is 1.64. The molecule has 0 bridgehead atoms. The number of hydrogen-bond donors (Lipinski definition) is 2. The number of anilines is 1. The number of hydrogen-bond acceptors (Lipinski definition) is 4. The van der Waals surface area contributed by atoms with E-state index in [4.69, 9.17) is 10.8 Å². The Morgan fingerprint density at radius 1 is 1.50 bits per heavy atom. The van der Waals surface area contributed by atoms with Crippen molar-refractivity contribution in [2.45, 2.75) is 19.4 Å². The largest absolute Gasteiger partial charge is 0.396 e. The van der Waals surface area contributed by atoms with E-state index >= 15 is 0 Å². The van der Waals surface area contributed by atoms with Gasteiger partial charge in [0.15, 0.2) is 0 Å². The molecule has 0 aromatic carbocycles. The van der Waals surface area contributed by atoms with Crippen LogP contribution in [0.2, 0.25) is 0 Å². The van der Waals surface area contributed by atoms with E-state index in [1.807, 2.05) is 18.3 Å². The average molecular weight is 221 g/mol. The quantitative estimate of drug-likeness (QED) is 0.787. The van der Waals surface area contributed by atoms with Gasteiger partial charge in [0, 0.05) is 32.4 Å². The van der Waals surface area contributed by atoms with Gasteiger partial charge in [-0.3, -0.25) is 0 Å². The molecule has 1 unspecified atom stereocenters. The molecule has 1 fully saturated rings. The molecule has 1 aromatic heterocycles. The minimum Gasteiger partial charge on any atom is -0.396 e. The van der Waals surface area contributed by atoms with Gasteiger partial charge in [0.25, 0.3) is 0 Å². The zero-order valence-corrected chi connectivity index (χ0v) is 9.47. The van der Waals surface area contributed by atoms with E-state index in [1.54, 1.807) is 0 Å². The third kappa shape index (κ3) is 2.51. The maximum absolute atomic E-state index is 8.90. The molecule has 4 heteroatoms. The van der Waals surface area contributed by atoms with E-state index in [-0.39, 0.29) is 6.61 Å². The van der Waals surface area contributed by atoms with Crippen LogP contribution < -0.4 is 10.6 Å². The first-order chi connectivity index (χ1) is 7.83. The maximum Gasteiger partial charge on any atom is 0.128 e. The first kappa shape index (κ1) is 11.4. The molecule has 1 aromatic rings. The van der Waals surface area contributed by atoms with Crippen molar-refractivity contribution >= 4 is 5.82 Å². The Morgan fingerprint density at radius 2 is 2.38 bits per heavy atom. The van der Waals surface area contributed by atoms with Gasteiger partial charge in [0.2, 0.25) is 0 Å². The molecule has 0 saturated carbocycles. The Morgan fingerprint density at radius 3 is 3.00 bits per heavy atom. The van der Waals surface area contributed by atoms with Crippen LogP contribution in [0, 0.1) is 5.92 Å². The molecule has 0 radical (unpaired) electrons. The molecular formula is C12H19N3O. The fourth-order valence-electron chi connectivity index (χ4n) is 2.18. The molecule has 2 rings (SSSR count). The lowest BCUT2D eigenvalue weighted by Gasteiger charge is -2.17. The highest BCUT2D eigenvalue weighted by molar-refractivity contribution is 5.40. The molecule has 88 valence electrons. The number of pyridine rings is 1. The van der Waals surface area contributed by atoms with E-state index in [2.05, 4.69) is 9.88 Å². The second-order valence-electron chi connectivity index (χ2n) is 4.34. The van der Waals surface area contributed by atoms with Crippen LogP contribution in [0.3, 0.4) is 0 Å². The van der Waals surface area contributed by atoms with Gasteiger partial charge < -0.3 is 15.7 Å². The number of aliphatic hydroxyl groups excluding tert-OH is 1. The van der Waals surface area contributed by atoms with Crippen molar-refractivity contribution in [3.05, 3.63) is 23.9 Å². The summed E-state index contributed by atoms with van der Waals surface area (Å²) >= 11 is 0. The zero-order valence-electron chi connectivity index (χ0n) is 9.47. The molecule has 0 amide bonds. The van der Waals surface area contributed by atoms with Gasteiger partial charge in [-0.2, -0.15) is 0 Å². The van der Waals surface area contributed by atoms with E-state index in [1.165, 1.54) is 0 Å². The summed E-state index contributed by atoms with van der Waals surface area (Å²) in [5, 5.41) is 8.90. The number of rotatable bonds is 4. The molecule has 1 aliphatic rings. The van der Waals surface area contributed by atoms with E-state index in [9.17, 15) is 0 Å². The predicted molar refractivity (Wildman–Crippen MR) is 64.2 cm³/mol. The lowest BCUT2D eigenvalue weighted by atomic mass is 10.1. The Labute approximate surface area is 96.1 Å². The summed E-state index contributed by atoms with van der Waals surface area (Å²) in [5.41, 5.74) is 6.60. The fraction of sp³-hybridized carbons (Fsp3) is 0.583. The normalized spacial score (nSPS) is 20.4. The Bertz CT molecular complexity index is 326. The minimum atomic E-state index is 0.290. The number of nitrogens with zero attached hydrogens (tertiary/aromatic N) is 2. The van der Waals surface area contributed by atoms with Gasteiger partial charge in [-0.1, -0.05) is 6.07 Å². The van der Waals surface area contributed by atoms with Crippen LogP contribution in [0.1, 0.15) is 18.4 Å². The number of nitrogens with two attached hydrogens (primary N) is 1. The minimum absolute atomic E-state index is 0.290. The highest BCUT2D eigenvalue weighted by Gasteiger charge is 2.22. The summed E-state index contributed by atoms with van der Waals surface area (Å²) < 4.78 is 0. The van der Waals surface area contributed by atoms with Crippen molar-refractivity contribution in [3.8, 4) is 0 Å². The molecule has 0 aliphatic carbocycles. The second kappa shape index (κ2) is 5.27. The molecule has 0 spiro atoms. The molecule has 1 atom stereocenters. The van der Waals surface area contributed by atoms with Gasteiger partial charge in [0.05, 0.1) is 0 Å². The first-order valence-electron chi connectivity index (χ1n) is 5.84. The average Bonchev–Trinajstić information content (AvgIpc) is 2.78. The van der Waals surface area contributed by atoms with Gasteiger partial charge in [-0.15, -0.1) is 0 Å². The van der Waals surface area contributed by atoms with Gasteiger partial charge in [0.1, 0.15) is 5.82 Å². The highest BCUT2D eigenvalue weighted by Crippen LogP contribution is 2.23. The maximum atomic E-state index is 8.90.